The number of likely N-dealkylation sites (tertiary alicyclic amines) is 1. The molecule has 0 spiro atoms. The fourth-order valence-electron chi connectivity index (χ4n) is 8.96. The first-order valence-electron chi connectivity index (χ1n) is 18.7. The van der Waals surface area contributed by atoms with E-state index < -0.39 is 6.09 Å². The Morgan fingerprint density at radius 2 is 1.33 bits per heavy atom. The molecule has 0 unspecified atom stereocenters. The number of fused-ring (bicyclic) bond motifs is 6. The predicted molar refractivity (Wildman–Crippen MR) is 192 cm³/mol. The molecule has 7 heterocycles. The lowest BCUT2D eigenvalue weighted by atomic mass is 9.93. The summed E-state index contributed by atoms with van der Waals surface area (Å²) in [7, 11) is 0. The summed E-state index contributed by atoms with van der Waals surface area (Å²) in [5, 5.41) is 29.0. The third-order valence-electron chi connectivity index (χ3n) is 11.5. The van der Waals surface area contributed by atoms with Gasteiger partial charge < -0.3 is 30.0 Å². The number of aromatic amines is 2. The Bertz CT molecular complexity index is 1960. The van der Waals surface area contributed by atoms with E-state index in [1.807, 2.05) is 12.4 Å². The van der Waals surface area contributed by atoms with Crippen LogP contribution < -0.4 is 5.32 Å². The van der Waals surface area contributed by atoms with Crippen molar-refractivity contribution in [1.82, 2.24) is 59.3 Å². The lowest BCUT2D eigenvalue weighted by molar-refractivity contribution is -0.00877. The Hall–Kier alpha value is -4.63. The van der Waals surface area contributed by atoms with Gasteiger partial charge in [0.05, 0.1) is 35.6 Å². The highest BCUT2D eigenvalue weighted by Crippen LogP contribution is 2.47. The molecule has 3 aliphatic rings. The molecule has 15 nitrogen and oxygen atoms in total. The van der Waals surface area contributed by atoms with Crippen LogP contribution in [0.2, 0.25) is 0 Å². The number of nitrogens with zero attached hydrogens (tertiary/aromatic N) is 9. The van der Waals surface area contributed by atoms with Crippen molar-refractivity contribution in [1.29, 1.82) is 0 Å². The molecule has 3 fully saturated rings. The number of amides is 1. The number of carbonyl (C=O) groups is 1. The highest BCUT2D eigenvalue weighted by molar-refractivity contribution is 5.75. The normalized spacial score (nSPS) is 25.6. The van der Waals surface area contributed by atoms with E-state index >= 15 is 0 Å². The van der Waals surface area contributed by atoms with Gasteiger partial charge in [0.25, 0.3) is 0 Å². The molecule has 51 heavy (non-hydrogen) atoms. The molecule has 0 aromatic carbocycles. The van der Waals surface area contributed by atoms with Gasteiger partial charge >= 0.3 is 6.09 Å². The zero-order valence-electron chi connectivity index (χ0n) is 29.4. The molecule has 4 N–H and O–H groups in total. The first kappa shape index (κ1) is 33.5. The van der Waals surface area contributed by atoms with Crippen LogP contribution in [-0.4, -0.2) is 104 Å². The maximum absolute atomic E-state index is 10.1. The number of hydrogen-bond acceptors (Lipinski definition) is 9. The van der Waals surface area contributed by atoms with Gasteiger partial charge in [-0.15, -0.1) is 20.4 Å². The standard InChI is InChI=1S/C28H32N10O.C8H16N2O2/c1-3-15-9-17(11-19(15)27-35-33-23-13-31-25-21(37(23)27)5-7-29-25)39-18-10-16(4-2)20(12-18)28-36-34-24-14-32-26-22(38(24)28)6-8-30-26;11-8(12)9-4-7-10-5-2-1-3-6-10/h5-8,13-20,29-30H,3-4,9-12H2,1-2H3;9H,1-7H2,(H,11,12)/t15-,16-,17+,18+,19+,20+;/m1./s1. The van der Waals surface area contributed by atoms with E-state index in [-0.39, 0.29) is 12.2 Å². The minimum absolute atomic E-state index is 0.216. The predicted octanol–water partition coefficient (Wildman–Crippen LogP) is 5.53. The highest BCUT2D eigenvalue weighted by Gasteiger charge is 2.42. The molecule has 1 saturated heterocycles. The molecular weight excluding hydrogens is 648 g/mol. The minimum Gasteiger partial charge on any atom is -0.465 e. The molecule has 6 atom stereocenters. The molecule has 0 bridgehead atoms. The van der Waals surface area contributed by atoms with Gasteiger partial charge in [0.15, 0.2) is 22.6 Å². The van der Waals surface area contributed by atoms with Gasteiger partial charge in [-0.1, -0.05) is 33.1 Å². The molecule has 15 heteroatoms. The zero-order chi connectivity index (χ0) is 34.9. The monoisotopic (exact) mass is 696 g/mol. The average molecular weight is 697 g/mol. The van der Waals surface area contributed by atoms with Gasteiger partial charge in [-0.25, -0.2) is 14.8 Å². The summed E-state index contributed by atoms with van der Waals surface area (Å²) in [6.07, 6.45) is 17.0. The van der Waals surface area contributed by atoms with Crippen molar-refractivity contribution in [3.05, 3.63) is 48.6 Å². The van der Waals surface area contributed by atoms with Crippen molar-refractivity contribution in [2.24, 2.45) is 11.8 Å². The van der Waals surface area contributed by atoms with Crippen LogP contribution in [0.25, 0.3) is 33.6 Å². The molecule has 2 aliphatic carbocycles. The Morgan fingerprint density at radius 3 is 1.82 bits per heavy atom. The minimum atomic E-state index is -0.924. The average Bonchev–Trinajstić information content (AvgIpc) is 3.99. The fraction of sp³-hybridized carbons (Fsp3) is 0.583. The first-order valence-corrected chi connectivity index (χ1v) is 18.7. The molecule has 2 saturated carbocycles. The smallest absolute Gasteiger partial charge is 0.404 e. The van der Waals surface area contributed by atoms with Crippen molar-refractivity contribution < 1.29 is 14.6 Å². The summed E-state index contributed by atoms with van der Waals surface area (Å²) < 4.78 is 11.3. The number of H-pyrrole nitrogens is 2. The summed E-state index contributed by atoms with van der Waals surface area (Å²) in [4.78, 5) is 27.8. The summed E-state index contributed by atoms with van der Waals surface area (Å²) in [5.74, 6) is 3.71. The third kappa shape index (κ3) is 6.64. The van der Waals surface area contributed by atoms with Crippen molar-refractivity contribution in [3.8, 4) is 0 Å². The van der Waals surface area contributed by atoms with Crippen molar-refractivity contribution in [2.75, 3.05) is 26.2 Å². The van der Waals surface area contributed by atoms with Crippen molar-refractivity contribution >= 4 is 39.7 Å². The maximum atomic E-state index is 10.1. The second-order valence-electron chi connectivity index (χ2n) is 14.4. The van der Waals surface area contributed by atoms with Gasteiger partial charge in [-0.3, -0.25) is 8.80 Å². The largest absolute Gasteiger partial charge is 0.465 e. The van der Waals surface area contributed by atoms with Gasteiger partial charge in [-0.05, 0) is 75.6 Å². The Labute approximate surface area is 295 Å². The molecule has 1 amide bonds. The van der Waals surface area contributed by atoms with Crippen LogP contribution in [0, 0.1) is 11.8 Å². The maximum Gasteiger partial charge on any atom is 0.404 e. The lowest BCUT2D eigenvalue weighted by Crippen LogP contribution is -2.37. The number of rotatable bonds is 9. The third-order valence-corrected chi connectivity index (χ3v) is 11.5. The Kier molecular flexibility index (Phi) is 9.56. The first-order chi connectivity index (χ1) is 25.0. The zero-order valence-corrected chi connectivity index (χ0v) is 29.4. The summed E-state index contributed by atoms with van der Waals surface area (Å²) in [6.45, 7) is 8.22. The number of ether oxygens (including phenoxy) is 1. The van der Waals surface area contributed by atoms with Gasteiger partial charge in [0, 0.05) is 37.3 Å². The SMILES string of the molecule is CC[C@@H]1C[C@H](O[C@H]2C[C@@H](CC)[C@@H](c3nnc4cnc5[nH]ccc5n34)C2)C[C@@H]1c1nnc2cnc3[nH]ccc3n12.O=C(O)NCCN1CCCCC1. The fourth-order valence-corrected chi connectivity index (χ4v) is 8.96. The topological polar surface area (TPSA) is 180 Å². The summed E-state index contributed by atoms with van der Waals surface area (Å²) in [5.41, 5.74) is 5.38. The van der Waals surface area contributed by atoms with Crippen LogP contribution >= 0.6 is 0 Å². The second kappa shape index (κ2) is 14.5. The van der Waals surface area contributed by atoms with Gasteiger partial charge in [0.1, 0.15) is 11.6 Å². The molecule has 6 aromatic heterocycles. The van der Waals surface area contributed by atoms with E-state index in [9.17, 15) is 4.79 Å². The van der Waals surface area contributed by atoms with Crippen LogP contribution in [0.1, 0.15) is 95.1 Å². The van der Waals surface area contributed by atoms with Crippen molar-refractivity contribution in [3.63, 3.8) is 0 Å². The van der Waals surface area contributed by atoms with Crippen LogP contribution in [0.15, 0.2) is 36.9 Å². The Morgan fingerprint density at radius 1 is 0.804 bits per heavy atom. The molecular formula is C36H48N12O3. The van der Waals surface area contributed by atoms with E-state index in [0.29, 0.717) is 30.2 Å². The van der Waals surface area contributed by atoms with Crippen molar-refractivity contribution in [2.45, 2.75) is 95.7 Å². The van der Waals surface area contributed by atoms with Gasteiger partial charge in [0.2, 0.25) is 0 Å². The second-order valence-corrected chi connectivity index (χ2v) is 14.4. The van der Waals surface area contributed by atoms with E-state index in [1.165, 1.54) is 19.3 Å². The number of aromatic nitrogens is 10. The van der Waals surface area contributed by atoms with E-state index in [4.69, 9.17) is 9.84 Å². The van der Waals surface area contributed by atoms with Crippen LogP contribution in [-0.2, 0) is 4.74 Å². The van der Waals surface area contributed by atoms with Crippen LogP contribution in [0.5, 0.6) is 0 Å². The number of piperidine rings is 1. The summed E-state index contributed by atoms with van der Waals surface area (Å²) >= 11 is 0. The molecule has 6 aromatic rings. The quantitative estimate of drug-likeness (QED) is 0.150. The van der Waals surface area contributed by atoms with Crippen LogP contribution in [0.4, 0.5) is 4.79 Å². The molecule has 1 aliphatic heterocycles. The van der Waals surface area contributed by atoms with E-state index in [0.717, 1.165) is 103 Å². The van der Waals surface area contributed by atoms with Gasteiger partial charge in [-0.2, -0.15) is 0 Å². The summed E-state index contributed by atoms with van der Waals surface area (Å²) in [6, 6.07) is 4.11. The number of nitrogens with one attached hydrogen (secondary N) is 3. The Balaban J connectivity index is 0.000000267. The highest BCUT2D eigenvalue weighted by atomic mass is 16.5. The lowest BCUT2D eigenvalue weighted by Gasteiger charge is -2.25. The van der Waals surface area contributed by atoms with E-state index in [1.54, 1.807) is 12.4 Å². The van der Waals surface area contributed by atoms with E-state index in [2.05, 4.69) is 85.3 Å². The molecule has 270 valence electrons. The number of carboxylic acid groups (broad SMARTS) is 1. The van der Waals surface area contributed by atoms with Crippen LogP contribution in [0.3, 0.4) is 0 Å². The molecule has 0 radical (unpaired) electrons. The number of hydrogen-bond donors (Lipinski definition) is 4. The molecule has 9 rings (SSSR count).